The van der Waals surface area contributed by atoms with Crippen LogP contribution in [0, 0.1) is 12.7 Å². The highest BCUT2D eigenvalue weighted by Crippen LogP contribution is 2.35. The first-order valence-corrected chi connectivity index (χ1v) is 9.04. The largest absolute Gasteiger partial charge is 0.465 e. The lowest BCUT2D eigenvalue weighted by Gasteiger charge is -2.21. The third kappa shape index (κ3) is 4.21. The highest BCUT2D eigenvalue weighted by molar-refractivity contribution is 5.89. The van der Waals surface area contributed by atoms with Gasteiger partial charge in [0.2, 0.25) is 0 Å². The van der Waals surface area contributed by atoms with Gasteiger partial charge in [-0.05, 0) is 38.1 Å². The van der Waals surface area contributed by atoms with Crippen molar-refractivity contribution in [3.05, 3.63) is 63.1 Å². The van der Waals surface area contributed by atoms with Gasteiger partial charge in [-0.2, -0.15) is 13.2 Å². The number of aromatic nitrogens is 3. The van der Waals surface area contributed by atoms with Crippen molar-refractivity contribution in [2.75, 3.05) is 12.4 Å². The van der Waals surface area contributed by atoms with Crippen LogP contribution in [0.5, 0.6) is 0 Å². The maximum Gasteiger partial charge on any atom is 0.433 e. The van der Waals surface area contributed by atoms with Gasteiger partial charge < -0.3 is 10.1 Å². The van der Waals surface area contributed by atoms with E-state index in [4.69, 9.17) is 0 Å². The molecule has 164 valence electrons. The summed E-state index contributed by atoms with van der Waals surface area (Å²) in [6.45, 7) is 2.85. The number of fused-ring (bicyclic) bond motifs is 1. The third-order valence-electron chi connectivity index (χ3n) is 4.82. The van der Waals surface area contributed by atoms with Crippen LogP contribution in [0.3, 0.4) is 0 Å². The Bertz CT molecular complexity index is 1240. The summed E-state index contributed by atoms with van der Waals surface area (Å²) in [5, 5.41) is 2.55. The molecule has 31 heavy (non-hydrogen) atoms. The summed E-state index contributed by atoms with van der Waals surface area (Å²) in [6, 6.07) is 3.38. The molecule has 3 rings (SSSR count). The van der Waals surface area contributed by atoms with E-state index in [1.165, 1.54) is 37.6 Å². The van der Waals surface area contributed by atoms with E-state index in [-0.39, 0.29) is 33.7 Å². The Labute approximate surface area is 173 Å². The smallest absolute Gasteiger partial charge is 0.433 e. The highest BCUT2D eigenvalue weighted by Gasteiger charge is 2.37. The molecule has 1 atom stereocenters. The van der Waals surface area contributed by atoms with Crippen LogP contribution in [-0.2, 0) is 18.0 Å². The first-order valence-electron chi connectivity index (χ1n) is 9.04. The van der Waals surface area contributed by atoms with Crippen LogP contribution < -0.4 is 10.9 Å². The van der Waals surface area contributed by atoms with Crippen LogP contribution in [-0.4, -0.2) is 27.6 Å². The number of methoxy groups -OCH3 is 1. The molecule has 3 aromatic rings. The molecule has 0 aliphatic rings. The predicted octanol–water partition coefficient (Wildman–Crippen LogP) is 3.75. The Kier molecular flexibility index (Phi) is 5.70. The van der Waals surface area contributed by atoms with E-state index >= 15 is 0 Å². The van der Waals surface area contributed by atoms with Crippen molar-refractivity contribution in [2.45, 2.75) is 26.1 Å². The lowest BCUT2D eigenvalue weighted by molar-refractivity contribution is -0.141. The minimum absolute atomic E-state index is 0.0495. The van der Waals surface area contributed by atoms with Crippen LogP contribution >= 0.6 is 0 Å². The molecule has 0 radical (unpaired) electrons. The first-order chi connectivity index (χ1) is 14.4. The number of hydrogen-bond donors (Lipinski definition) is 1. The van der Waals surface area contributed by atoms with E-state index in [2.05, 4.69) is 20.0 Å². The number of aryl methyl sites for hydroxylation is 1. The van der Waals surface area contributed by atoms with Crippen molar-refractivity contribution in [2.24, 2.45) is 7.05 Å². The summed E-state index contributed by atoms with van der Waals surface area (Å²) in [6.07, 6.45) is -4.83. The fourth-order valence-electron chi connectivity index (χ4n) is 3.06. The second-order valence-corrected chi connectivity index (χ2v) is 6.87. The fourth-order valence-corrected chi connectivity index (χ4v) is 3.06. The van der Waals surface area contributed by atoms with Gasteiger partial charge in [0.05, 0.1) is 29.8 Å². The summed E-state index contributed by atoms with van der Waals surface area (Å²) >= 11 is 0. The van der Waals surface area contributed by atoms with Gasteiger partial charge in [-0.3, -0.25) is 9.36 Å². The SMILES string of the molecule is COC(=O)c1ccc(NC(C)c2cc3c(=O)n(C)c(C)nc3nc2C(F)(F)F)c(F)c1. The Morgan fingerprint density at radius 3 is 2.48 bits per heavy atom. The molecule has 0 amide bonds. The van der Waals surface area contributed by atoms with Crippen LogP contribution in [0.4, 0.5) is 23.2 Å². The third-order valence-corrected chi connectivity index (χ3v) is 4.82. The topological polar surface area (TPSA) is 86.1 Å². The molecule has 0 saturated carbocycles. The number of anilines is 1. The number of esters is 1. The number of pyridine rings is 1. The van der Waals surface area contributed by atoms with E-state index < -0.39 is 35.3 Å². The van der Waals surface area contributed by atoms with Gasteiger partial charge in [0, 0.05) is 12.6 Å². The molecular formula is C20H18F4N4O3. The molecule has 2 heterocycles. The van der Waals surface area contributed by atoms with Gasteiger partial charge in [-0.15, -0.1) is 0 Å². The Morgan fingerprint density at radius 1 is 1.23 bits per heavy atom. The van der Waals surface area contributed by atoms with E-state index in [1.807, 2.05) is 0 Å². The molecular weight excluding hydrogens is 420 g/mol. The average molecular weight is 438 g/mol. The Balaban J connectivity index is 2.10. The van der Waals surface area contributed by atoms with E-state index in [0.29, 0.717) is 0 Å². The number of nitrogens with zero attached hydrogens (tertiary/aromatic N) is 3. The summed E-state index contributed by atoms with van der Waals surface area (Å²) in [5.41, 5.74) is -2.64. The van der Waals surface area contributed by atoms with Gasteiger partial charge >= 0.3 is 12.1 Å². The minimum atomic E-state index is -4.83. The molecule has 0 aliphatic heterocycles. The number of benzene rings is 1. The van der Waals surface area contributed by atoms with Crippen molar-refractivity contribution < 1.29 is 27.1 Å². The van der Waals surface area contributed by atoms with Crippen molar-refractivity contribution in [3.63, 3.8) is 0 Å². The monoisotopic (exact) mass is 438 g/mol. The van der Waals surface area contributed by atoms with Gasteiger partial charge in [0.15, 0.2) is 11.3 Å². The zero-order valence-corrected chi connectivity index (χ0v) is 17.0. The quantitative estimate of drug-likeness (QED) is 0.493. The highest BCUT2D eigenvalue weighted by atomic mass is 19.4. The maximum atomic E-state index is 14.4. The number of carbonyl (C=O) groups excluding carboxylic acids is 1. The molecule has 0 spiro atoms. The average Bonchev–Trinajstić information content (AvgIpc) is 2.71. The number of rotatable bonds is 4. The molecule has 1 unspecified atom stereocenters. The minimum Gasteiger partial charge on any atom is -0.465 e. The predicted molar refractivity (Wildman–Crippen MR) is 104 cm³/mol. The number of alkyl halides is 3. The zero-order chi connectivity index (χ0) is 23.1. The second kappa shape index (κ2) is 7.97. The number of hydrogen-bond acceptors (Lipinski definition) is 6. The molecule has 0 aliphatic carbocycles. The van der Waals surface area contributed by atoms with E-state index in [0.717, 1.165) is 19.2 Å². The second-order valence-electron chi connectivity index (χ2n) is 6.87. The Hall–Kier alpha value is -3.50. The summed E-state index contributed by atoms with van der Waals surface area (Å²) in [5.74, 6) is -1.40. The van der Waals surface area contributed by atoms with E-state index in [1.54, 1.807) is 0 Å². The molecule has 0 bridgehead atoms. The number of carbonyl (C=O) groups is 1. The molecule has 1 aromatic carbocycles. The lowest BCUT2D eigenvalue weighted by Crippen LogP contribution is -2.24. The fraction of sp³-hybridized carbons (Fsp3) is 0.300. The van der Waals surface area contributed by atoms with E-state index in [9.17, 15) is 27.2 Å². The zero-order valence-electron chi connectivity index (χ0n) is 17.0. The standard InChI is InChI=1S/C20H18F4N4O3/c1-9(25-15-6-5-11(7-14(15)21)19(30)31-4)12-8-13-17(27-16(12)20(22,23)24)26-10(2)28(3)18(13)29/h5-9,25H,1-4H3. The summed E-state index contributed by atoms with van der Waals surface area (Å²) < 4.78 is 61.2. The van der Waals surface area contributed by atoms with Crippen molar-refractivity contribution in [1.82, 2.24) is 14.5 Å². The molecule has 11 heteroatoms. The van der Waals surface area contributed by atoms with Crippen LogP contribution in [0.15, 0.2) is 29.1 Å². The van der Waals surface area contributed by atoms with Crippen molar-refractivity contribution >= 4 is 22.7 Å². The Morgan fingerprint density at radius 2 is 1.90 bits per heavy atom. The van der Waals surface area contributed by atoms with Gasteiger partial charge in [0.1, 0.15) is 11.6 Å². The number of nitrogens with one attached hydrogen (secondary N) is 1. The van der Waals surface area contributed by atoms with Crippen molar-refractivity contribution in [3.8, 4) is 0 Å². The van der Waals surface area contributed by atoms with Crippen molar-refractivity contribution in [1.29, 1.82) is 0 Å². The van der Waals surface area contributed by atoms with Gasteiger partial charge in [-0.25, -0.2) is 19.2 Å². The summed E-state index contributed by atoms with van der Waals surface area (Å²) in [4.78, 5) is 31.6. The van der Waals surface area contributed by atoms with Gasteiger partial charge in [0.25, 0.3) is 5.56 Å². The number of halogens is 4. The molecule has 7 nitrogen and oxygen atoms in total. The molecule has 0 saturated heterocycles. The van der Waals surface area contributed by atoms with Crippen LogP contribution in [0.25, 0.3) is 11.0 Å². The number of ether oxygens (including phenoxy) is 1. The first kappa shape index (κ1) is 22.2. The summed E-state index contributed by atoms with van der Waals surface area (Å²) in [7, 11) is 2.59. The van der Waals surface area contributed by atoms with Crippen LogP contribution in [0.1, 0.15) is 40.4 Å². The molecule has 0 fully saturated rings. The molecule has 2 aromatic heterocycles. The maximum absolute atomic E-state index is 14.4. The van der Waals surface area contributed by atoms with Gasteiger partial charge in [-0.1, -0.05) is 0 Å². The normalized spacial score (nSPS) is 12.6. The lowest BCUT2D eigenvalue weighted by atomic mass is 10.0. The van der Waals surface area contributed by atoms with Crippen LogP contribution in [0.2, 0.25) is 0 Å². The molecule has 1 N–H and O–H groups in total.